The van der Waals surface area contributed by atoms with Crippen molar-refractivity contribution in [3.8, 4) is 0 Å². The lowest BCUT2D eigenvalue weighted by Crippen LogP contribution is -2.18. The molecule has 0 unspecified atom stereocenters. The summed E-state index contributed by atoms with van der Waals surface area (Å²) in [6.07, 6.45) is 0.239. The Morgan fingerprint density at radius 1 is 1.47 bits per heavy atom. The Morgan fingerprint density at radius 3 is 2.76 bits per heavy atom. The Bertz CT molecular complexity index is 545. The third-order valence-electron chi connectivity index (χ3n) is 2.20. The maximum absolute atomic E-state index is 11.7. The molecular weight excluding hydrogens is 240 g/mol. The van der Waals surface area contributed by atoms with Gasteiger partial charge in [0.1, 0.15) is 0 Å². The van der Waals surface area contributed by atoms with Crippen molar-refractivity contribution < 1.29 is 4.79 Å². The Labute approximate surface area is 102 Å². The molecule has 0 fully saturated rings. The average molecular weight is 252 g/mol. The molecule has 2 aromatic heterocycles. The standard InChI is InChI=1S/C9H12N6OS/c1-5-7(10-6(2)17-5)4-8(16)11-9-12-13-14-15(9)3/h4H2,1-3H3,(H,11,12,14,16). The van der Waals surface area contributed by atoms with Crippen molar-refractivity contribution in [3.05, 3.63) is 15.6 Å². The largest absolute Gasteiger partial charge is 0.293 e. The van der Waals surface area contributed by atoms with E-state index in [4.69, 9.17) is 0 Å². The lowest BCUT2D eigenvalue weighted by molar-refractivity contribution is -0.115. The van der Waals surface area contributed by atoms with Crippen LogP contribution in [0, 0.1) is 13.8 Å². The minimum Gasteiger partial charge on any atom is -0.293 e. The number of aromatic nitrogens is 5. The van der Waals surface area contributed by atoms with Crippen molar-refractivity contribution >= 4 is 23.2 Å². The summed E-state index contributed by atoms with van der Waals surface area (Å²) in [7, 11) is 1.66. The molecule has 0 saturated carbocycles. The number of tetrazole rings is 1. The first-order valence-corrected chi connectivity index (χ1v) is 5.83. The number of hydrogen-bond donors (Lipinski definition) is 1. The molecule has 0 aromatic carbocycles. The van der Waals surface area contributed by atoms with E-state index in [0.717, 1.165) is 15.6 Å². The first-order chi connectivity index (χ1) is 8.06. The quantitative estimate of drug-likeness (QED) is 0.858. The number of amides is 1. The molecule has 2 heterocycles. The number of rotatable bonds is 3. The first kappa shape index (κ1) is 11.6. The molecule has 8 heteroatoms. The Morgan fingerprint density at radius 2 is 2.24 bits per heavy atom. The molecule has 0 atom stereocenters. The molecule has 0 radical (unpaired) electrons. The zero-order valence-electron chi connectivity index (χ0n) is 9.76. The molecule has 0 spiro atoms. The molecule has 90 valence electrons. The van der Waals surface area contributed by atoms with Crippen LogP contribution in [0.4, 0.5) is 5.95 Å². The number of hydrogen-bond acceptors (Lipinski definition) is 6. The fourth-order valence-electron chi connectivity index (χ4n) is 1.39. The van der Waals surface area contributed by atoms with Gasteiger partial charge in [0, 0.05) is 11.9 Å². The van der Waals surface area contributed by atoms with E-state index in [0.29, 0.717) is 5.95 Å². The predicted molar refractivity (Wildman–Crippen MR) is 62.7 cm³/mol. The molecular formula is C9H12N6OS. The normalized spacial score (nSPS) is 10.5. The highest BCUT2D eigenvalue weighted by molar-refractivity contribution is 7.11. The summed E-state index contributed by atoms with van der Waals surface area (Å²) in [5.41, 5.74) is 0.806. The van der Waals surface area contributed by atoms with Gasteiger partial charge in [-0.2, -0.15) is 0 Å². The lowest BCUT2D eigenvalue weighted by Gasteiger charge is -2.01. The second-order valence-electron chi connectivity index (χ2n) is 3.59. The van der Waals surface area contributed by atoms with Crippen molar-refractivity contribution in [1.29, 1.82) is 0 Å². The van der Waals surface area contributed by atoms with Crippen LogP contribution in [0.2, 0.25) is 0 Å². The monoisotopic (exact) mass is 252 g/mol. The summed E-state index contributed by atoms with van der Waals surface area (Å²) in [6.45, 7) is 3.88. The maximum Gasteiger partial charge on any atom is 0.249 e. The zero-order chi connectivity index (χ0) is 12.4. The summed E-state index contributed by atoms with van der Waals surface area (Å²) in [4.78, 5) is 17.1. The van der Waals surface area contributed by atoms with E-state index in [2.05, 4.69) is 25.8 Å². The smallest absolute Gasteiger partial charge is 0.249 e. The molecule has 1 amide bonds. The second-order valence-corrected chi connectivity index (χ2v) is 4.99. The van der Waals surface area contributed by atoms with Gasteiger partial charge in [0.05, 0.1) is 17.1 Å². The van der Waals surface area contributed by atoms with Crippen LogP contribution >= 0.6 is 11.3 Å². The summed E-state index contributed by atoms with van der Waals surface area (Å²) in [5.74, 6) is 0.163. The number of aryl methyl sites for hydroxylation is 3. The highest BCUT2D eigenvalue weighted by atomic mass is 32.1. The van der Waals surface area contributed by atoms with Gasteiger partial charge in [-0.3, -0.25) is 10.1 Å². The molecule has 17 heavy (non-hydrogen) atoms. The van der Waals surface area contributed by atoms with E-state index >= 15 is 0 Å². The second kappa shape index (κ2) is 4.58. The van der Waals surface area contributed by atoms with Gasteiger partial charge in [0.15, 0.2) is 0 Å². The van der Waals surface area contributed by atoms with E-state index in [9.17, 15) is 4.79 Å². The summed E-state index contributed by atoms with van der Waals surface area (Å²) in [5, 5.41) is 14.3. The van der Waals surface area contributed by atoms with Crippen molar-refractivity contribution in [2.75, 3.05) is 5.32 Å². The lowest BCUT2D eigenvalue weighted by atomic mass is 10.3. The minimum atomic E-state index is -0.170. The van der Waals surface area contributed by atoms with Crippen LogP contribution in [0.15, 0.2) is 0 Å². The number of carbonyl (C=O) groups excluding carboxylic acids is 1. The van der Waals surface area contributed by atoms with Gasteiger partial charge in [-0.25, -0.2) is 9.67 Å². The van der Waals surface area contributed by atoms with E-state index < -0.39 is 0 Å². The Hall–Kier alpha value is -1.83. The number of anilines is 1. The van der Waals surface area contributed by atoms with Gasteiger partial charge < -0.3 is 0 Å². The third kappa shape index (κ3) is 2.64. The van der Waals surface area contributed by atoms with Crippen LogP contribution in [-0.4, -0.2) is 31.1 Å². The Balaban J connectivity index is 2.03. The number of carbonyl (C=O) groups is 1. The van der Waals surface area contributed by atoms with Crippen molar-refractivity contribution in [3.63, 3.8) is 0 Å². The number of nitrogens with one attached hydrogen (secondary N) is 1. The molecule has 0 saturated heterocycles. The Kier molecular flexibility index (Phi) is 3.14. The summed E-state index contributed by atoms with van der Waals surface area (Å²) >= 11 is 1.59. The van der Waals surface area contributed by atoms with Crippen LogP contribution in [0.1, 0.15) is 15.6 Å². The third-order valence-corrected chi connectivity index (χ3v) is 3.13. The average Bonchev–Trinajstić information content (AvgIpc) is 2.75. The molecule has 2 rings (SSSR count). The van der Waals surface area contributed by atoms with Crippen molar-refractivity contribution in [1.82, 2.24) is 25.2 Å². The van der Waals surface area contributed by atoms with Crippen molar-refractivity contribution in [2.45, 2.75) is 20.3 Å². The van der Waals surface area contributed by atoms with Crippen LogP contribution in [0.3, 0.4) is 0 Å². The molecule has 0 aliphatic carbocycles. The number of nitrogens with zero attached hydrogens (tertiary/aromatic N) is 5. The molecule has 2 aromatic rings. The van der Waals surface area contributed by atoms with Crippen LogP contribution < -0.4 is 5.32 Å². The molecule has 0 aliphatic rings. The SMILES string of the molecule is Cc1nc(CC(=O)Nc2nnnn2C)c(C)s1. The highest BCUT2D eigenvalue weighted by Crippen LogP contribution is 2.17. The zero-order valence-corrected chi connectivity index (χ0v) is 10.6. The minimum absolute atomic E-state index is 0.170. The number of thiazole rings is 1. The van der Waals surface area contributed by atoms with Crippen LogP contribution in [0.5, 0.6) is 0 Å². The van der Waals surface area contributed by atoms with Gasteiger partial charge in [0.25, 0.3) is 0 Å². The predicted octanol–water partition coefficient (Wildman–Crippen LogP) is 0.465. The van der Waals surface area contributed by atoms with Crippen LogP contribution in [0.25, 0.3) is 0 Å². The van der Waals surface area contributed by atoms with Crippen LogP contribution in [-0.2, 0) is 18.3 Å². The summed E-state index contributed by atoms with van der Waals surface area (Å²) < 4.78 is 1.40. The topological polar surface area (TPSA) is 85.6 Å². The van der Waals surface area contributed by atoms with E-state index in [-0.39, 0.29) is 12.3 Å². The van der Waals surface area contributed by atoms with E-state index in [1.807, 2.05) is 13.8 Å². The van der Waals surface area contributed by atoms with E-state index in [1.54, 1.807) is 18.4 Å². The van der Waals surface area contributed by atoms with Gasteiger partial charge in [-0.05, 0) is 24.3 Å². The molecule has 7 nitrogen and oxygen atoms in total. The van der Waals surface area contributed by atoms with Gasteiger partial charge >= 0.3 is 0 Å². The van der Waals surface area contributed by atoms with Crippen molar-refractivity contribution in [2.24, 2.45) is 7.05 Å². The molecule has 0 bridgehead atoms. The molecule has 1 N–H and O–H groups in total. The first-order valence-electron chi connectivity index (χ1n) is 5.01. The maximum atomic E-state index is 11.7. The fraction of sp³-hybridized carbons (Fsp3) is 0.444. The van der Waals surface area contributed by atoms with Gasteiger partial charge in [-0.1, -0.05) is 5.10 Å². The summed E-state index contributed by atoms with van der Waals surface area (Å²) in [6, 6.07) is 0. The van der Waals surface area contributed by atoms with Gasteiger partial charge in [-0.15, -0.1) is 11.3 Å². The van der Waals surface area contributed by atoms with E-state index in [1.165, 1.54) is 4.68 Å². The molecule has 0 aliphatic heterocycles. The highest BCUT2D eigenvalue weighted by Gasteiger charge is 2.12. The van der Waals surface area contributed by atoms with Gasteiger partial charge in [0.2, 0.25) is 11.9 Å². The fourth-order valence-corrected chi connectivity index (χ4v) is 2.23.